The zero-order valence-electron chi connectivity index (χ0n) is 16.0. The largest absolute Gasteiger partial charge is 0.450 e. The molecule has 8 nitrogen and oxygen atoms in total. The van der Waals surface area contributed by atoms with Crippen LogP contribution in [0.1, 0.15) is 20.8 Å². The van der Waals surface area contributed by atoms with E-state index >= 15 is 0 Å². The van der Waals surface area contributed by atoms with Crippen LogP contribution in [0.2, 0.25) is 0 Å². The number of amides is 1. The van der Waals surface area contributed by atoms with Gasteiger partial charge in [-0.05, 0) is 20.8 Å². The van der Waals surface area contributed by atoms with Crippen LogP contribution < -0.4 is 5.32 Å². The highest BCUT2D eigenvalue weighted by Gasteiger charge is 2.26. The zero-order valence-corrected chi connectivity index (χ0v) is 16.0. The number of carbonyl (C=O) groups excluding carboxylic acids is 1. The van der Waals surface area contributed by atoms with Crippen molar-refractivity contribution in [1.82, 2.24) is 20.0 Å². The summed E-state index contributed by atoms with van der Waals surface area (Å²) in [4.78, 5) is 22.6. The van der Waals surface area contributed by atoms with Crippen LogP contribution in [0, 0.1) is 0 Å². The summed E-state index contributed by atoms with van der Waals surface area (Å²) in [6.45, 7) is 13.0. The summed E-state index contributed by atoms with van der Waals surface area (Å²) in [5.74, 6) is 0.899. The molecule has 0 spiro atoms. The lowest BCUT2D eigenvalue weighted by Crippen LogP contribution is -2.56. The van der Waals surface area contributed by atoms with Crippen LogP contribution in [0.5, 0.6) is 0 Å². The number of nitrogens with one attached hydrogen (secondary N) is 1. The van der Waals surface area contributed by atoms with Crippen molar-refractivity contribution in [3.05, 3.63) is 0 Å². The highest BCUT2D eigenvalue weighted by atomic mass is 16.6. The highest BCUT2D eigenvalue weighted by molar-refractivity contribution is 5.80. The lowest BCUT2D eigenvalue weighted by Gasteiger charge is -2.39. The SMILES string of the molecule is CCOC(=O)N1CCN(C(=NC)NCC(C)N2CCOCC2C)CC1. The Kier molecular flexibility index (Phi) is 7.77. The summed E-state index contributed by atoms with van der Waals surface area (Å²) in [6, 6.07) is 0.858. The van der Waals surface area contributed by atoms with Crippen LogP contribution in [0.4, 0.5) is 4.79 Å². The number of morpholine rings is 1. The van der Waals surface area contributed by atoms with E-state index in [2.05, 4.69) is 34.0 Å². The van der Waals surface area contributed by atoms with Crippen molar-refractivity contribution < 1.29 is 14.3 Å². The molecule has 25 heavy (non-hydrogen) atoms. The summed E-state index contributed by atoms with van der Waals surface area (Å²) in [7, 11) is 1.81. The van der Waals surface area contributed by atoms with E-state index in [4.69, 9.17) is 9.47 Å². The maximum Gasteiger partial charge on any atom is 0.409 e. The molecule has 2 heterocycles. The van der Waals surface area contributed by atoms with Gasteiger partial charge in [0.15, 0.2) is 5.96 Å². The van der Waals surface area contributed by atoms with Gasteiger partial charge >= 0.3 is 6.09 Å². The molecule has 2 aliphatic rings. The zero-order chi connectivity index (χ0) is 18.2. The topological polar surface area (TPSA) is 69.6 Å². The summed E-state index contributed by atoms with van der Waals surface area (Å²) in [5, 5.41) is 3.48. The Morgan fingerprint density at radius 3 is 2.56 bits per heavy atom. The van der Waals surface area contributed by atoms with Gasteiger partial charge in [-0.2, -0.15) is 0 Å². The van der Waals surface area contributed by atoms with Crippen molar-refractivity contribution in [2.45, 2.75) is 32.9 Å². The standard InChI is InChI=1S/C17H33N5O3/c1-5-25-17(23)21-8-6-20(7-9-21)16(18-4)19-12-14(2)22-10-11-24-13-15(22)3/h14-15H,5-13H2,1-4H3,(H,18,19). The molecule has 0 aromatic carbocycles. The average molecular weight is 355 g/mol. The minimum Gasteiger partial charge on any atom is -0.450 e. The van der Waals surface area contributed by atoms with Gasteiger partial charge in [0.1, 0.15) is 0 Å². The Morgan fingerprint density at radius 1 is 1.28 bits per heavy atom. The number of carbonyl (C=O) groups is 1. The summed E-state index contributed by atoms with van der Waals surface area (Å²) < 4.78 is 10.6. The molecular weight excluding hydrogens is 322 g/mol. The third kappa shape index (κ3) is 5.47. The van der Waals surface area contributed by atoms with Crippen molar-refractivity contribution in [1.29, 1.82) is 0 Å². The van der Waals surface area contributed by atoms with Gasteiger partial charge in [-0.1, -0.05) is 0 Å². The highest BCUT2D eigenvalue weighted by Crippen LogP contribution is 2.10. The van der Waals surface area contributed by atoms with E-state index in [0.717, 1.165) is 45.4 Å². The van der Waals surface area contributed by atoms with Crippen molar-refractivity contribution >= 4 is 12.1 Å². The molecule has 144 valence electrons. The number of hydrogen-bond donors (Lipinski definition) is 1. The molecule has 0 aromatic rings. The molecule has 0 aromatic heterocycles. The molecule has 0 saturated carbocycles. The fourth-order valence-electron chi connectivity index (χ4n) is 3.40. The second-order valence-electron chi connectivity index (χ2n) is 6.61. The van der Waals surface area contributed by atoms with Gasteiger partial charge in [-0.15, -0.1) is 0 Å². The lowest BCUT2D eigenvalue weighted by molar-refractivity contribution is -0.0175. The first-order chi connectivity index (χ1) is 12.1. The molecule has 0 aliphatic carbocycles. The van der Waals surface area contributed by atoms with Crippen molar-refractivity contribution in [2.24, 2.45) is 4.99 Å². The number of rotatable bonds is 4. The van der Waals surface area contributed by atoms with E-state index in [1.807, 2.05) is 14.0 Å². The van der Waals surface area contributed by atoms with E-state index in [1.54, 1.807) is 4.90 Å². The Hall–Kier alpha value is -1.54. The minimum absolute atomic E-state index is 0.222. The first kappa shape index (κ1) is 19.8. The normalized spacial score (nSPS) is 24.2. The molecule has 0 radical (unpaired) electrons. The maximum atomic E-state index is 11.8. The van der Waals surface area contributed by atoms with Gasteiger partial charge in [0.2, 0.25) is 0 Å². The molecule has 2 saturated heterocycles. The van der Waals surface area contributed by atoms with Crippen LogP contribution in [0.25, 0.3) is 0 Å². The van der Waals surface area contributed by atoms with E-state index in [9.17, 15) is 4.79 Å². The summed E-state index contributed by atoms with van der Waals surface area (Å²) >= 11 is 0. The third-order valence-corrected chi connectivity index (χ3v) is 4.86. The van der Waals surface area contributed by atoms with Crippen LogP contribution in [-0.4, -0.2) is 105 Å². The number of guanidine groups is 1. The van der Waals surface area contributed by atoms with Gasteiger partial charge in [-0.25, -0.2) is 4.79 Å². The van der Waals surface area contributed by atoms with Crippen molar-refractivity contribution in [2.75, 3.05) is 66.1 Å². The van der Waals surface area contributed by atoms with E-state index in [1.165, 1.54) is 0 Å². The van der Waals surface area contributed by atoms with Crippen LogP contribution in [0.15, 0.2) is 4.99 Å². The molecule has 1 amide bonds. The number of aliphatic imine (C=N–C) groups is 1. The van der Waals surface area contributed by atoms with E-state index < -0.39 is 0 Å². The maximum absolute atomic E-state index is 11.8. The average Bonchev–Trinajstić information content (AvgIpc) is 2.63. The van der Waals surface area contributed by atoms with Gasteiger partial charge in [0.05, 0.1) is 19.8 Å². The predicted molar refractivity (Wildman–Crippen MR) is 98.0 cm³/mol. The van der Waals surface area contributed by atoms with Crippen LogP contribution in [-0.2, 0) is 9.47 Å². The van der Waals surface area contributed by atoms with Crippen LogP contribution >= 0.6 is 0 Å². The van der Waals surface area contributed by atoms with Crippen molar-refractivity contribution in [3.63, 3.8) is 0 Å². The Balaban J connectivity index is 1.78. The molecule has 2 aliphatic heterocycles. The predicted octanol–water partition coefficient (Wildman–Crippen LogP) is 0.445. The lowest BCUT2D eigenvalue weighted by atomic mass is 10.2. The first-order valence-corrected chi connectivity index (χ1v) is 9.27. The molecular formula is C17H33N5O3. The Labute approximate surface area is 151 Å². The second-order valence-corrected chi connectivity index (χ2v) is 6.61. The fourth-order valence-corrected chi connectivity index (χ4v) is 3.40. The Bertz CT molecular complexity index is 452. The molecule has 2 atom stereocenters. The molecule has 1 N–H and O–H groups in total. The summed E-state index contributed by atoms with van der Waals surface area (Å²) in [5.41, 5.74) is 0. The fraction of sp³-hybridized carbons (Fsp3) is 0.882. The minimum atomic E-state index is -0.222. The molecule has 0 bridgehead atoms. The monoisotopic (exact) mass is 355 g/mol. The van der Waals surface area contributed by atoms with Gasteiger partial charge < -0.3 is 24.6 Å². The number of hydrogen-bond acceptors (Lipinski definition) is 5. The van der Waals surface area contributed by atoms with Crippen molar-refractivity contribution in [3.8, 4) is 0 Å². The number of ether oxygens (including phenoxy) is 2. The molecule has 2 unspecified atom stereocenters. The summed E-state index contributed by atoms with van der Waals surface area (Å²) in [6.07, 6.45) is -0.222. The molecule has 2 fully saturated rings. The second kappa shape index (κ2) is 9.82. The van der Waals surface area contributed by atoms with Gasteiger partial charge in [0.25, 0.3) is 0 Å². The number of piperazine rings is 1. The first-order valence-electron chi connectivity index (χ1n) is 9.27. The van der Waals surface area contributed by atoms with E-state index in [0.29, 0.717) is 31.8 Å². The quantitative estimate of drug-likeness (QED) is 0.583. The van der Waals surface area contributed by atoms with Gasteiger partial charge in [-0.3, -0.25) is 9.89 Å². The van der Waals surface area contributed by atoms with E-state index in [-0.39, 0.29) is 6.09 Å². The number of nitrogens with zero attached hydrogens (tertiary/aromatic N) is 4. The third-order valence-electron chi connectivity index (χ3n) is 4.86. The smallest absolute Gasteiger partial charge is 0.409 e. The Morgan fingerprint density at radius 2 is 1.96 bits per heavy atom. The molecule has 8 heteroatoms. The van der Waals surface area contributed by atoms with Crippen LogP contribution in [0.3, 0.4) is 0 Å². The molecule has 2 rings (SSSR count). The van der Waals surface area contributed by atoms with Gasteiger partial charge in [0, 0.05) is 58.4 Å².